The van der Waals surface area contributed by atoms with Crippen LogP contribution in [0.25, 0.3) is 0 Å². The lowest BCUT2D eigenvalue weighted by Gasteiger charge is -2.40. The molecule has 1 aromatic rings. The first-order chi connectivity index (χ1) is 19.1. The van der Waals surface area contributed by atoms with Crippen LogP contribution < -0.4 is 10.6 Å². The minimum atomic E-state index is -0.766. The molecule has 0 spiro atoms. The van der Waals surface area contributed by atoms with Crippen molar-refractivity contribution in [3.05, 3.63) is 47.5 Å². The fraction of sp³-hybridized carbons (Fsp3) is 0.667. The molecule has 1 fully saturated rings. The molecule has 0 aromatic heterocycles. The molecule has 1 aromatic carbocycles. The lowest BCUT2D eigenvalue weighted by molar-refractivity contribution is -0.141. The SMILES string of the molecule is CN[C@H](C(=O)N[C@H](C(=O)N(C)[C@H](/C=C(\C)C(=O)N1CCC[C@H]1COC)C(C)C)C(C)(C)C)C(C)(C)c1ccccc1. The maximum absolute atomic E-state index is 14.1. The third kappa shape index (κ3) is 8.41. The molecule has 2 rings (SSSR count). The van der Waals surface area contributed by atoms with E-state index in [1.54, 1.807) is 26.1 Å². The number of benzene rings is 1. The Morgan fingerprint density at radius 3 is 2.22 bits per heavy atom. The van der Waals surface area contributed by atoms with E-state index in [1.807, 2.05) is 96.7 Å². The van der Waals surface area contributed by atoms with Gasteiger partial charge >= 0.3 is 0 Å². The molecule has 1 saturated heterocycles. The quantitative estimate of drug-likeness (QED) is 0.369. The van der Waals surface area contributed by atoms with Crippen LogP contribution in [0.15, 0.2) is 42.0 Å². The van der Waals surface area contributed by atoms with Crippen molar-refractivity contribution in [1.29, 1.82) is 0 Å². The summed E-state index contributed by atoms with van der Waals surface area (Å²) >= 11 is 0. The van der Waals surface area contributed by atoms with Crippen LogP contribution >= 0.6 is 0 Å². The minimum Gasteiger partial charge on any atom is -0.383 e. The van der Waals surface area contributed by atoms with E-state index < -0.39 is 22.9 Å². The van der Waals surface area contributed by atoms with Crippen LogP contribution in [0.5, 0.6) is 0 Å². The van der Waals surface area contributed by atoms with Gasteiger partial charge in [-0.2, -0.15) is 0 Å². The molecule has 0 radical (unpaired) electrons. The number of hydrogen-bond acceptors (Lipinski definition) is 5. The van der Waals surface area contributed by atoms with E-state index in [9.17, 15) is 14.4 Å². The van der Waals surface area contributed by atoms with Crippen molar-refractivity contribution in [1.82, 2.24) is 20.4 Å². The molecular weight excluding hydrogens is 516 g/mol. The molecule has 4 atom stereocenters. The summed E-state index contributed by atoms with van der Waals surface area (Å²) in [4.78, 5) is 44.8. The standard InChI is InChI=1S/C33H54N4O4/c1-22(2)26(20-23(3)30(39)37-19-15-18-25(37)21-41-11)36(10)31(40)28(32(4,5)6)35-29(38)27(34-9)33(7,8)24-16-13-12-14-17-24/h12-14,16-17,20,22,25-28,34H,15,18-19,21H2,1-11H3,(H,35,38)/b23-20+/t25-,26+,27+,28+/m0/s1. The van der Waals surface area contributed by atoms with Gasteiger partial charge in [0.15, 0.2) is 0 Å². The third-order valence-electron chi connectivity index (χ3n) is 8.42. The Kier molecular flexibility index (Phi) is 12.2. The van der Waals surface area contributed by atoms with Crippen LogP contribution in [0.3, 0.4) is 0 Å². The number of carbonyl (C=O) groups excluding carboxylic acids is 3. The first kappa shape index (κ1) is 34.5. The molecule has 1 heterocycles. The van der Waals surface area contributed by atoms with Gasteiger partial charge in [-0.1, -0.05) is 84.9 Å². The van der Waals surface area contributed by atoms with E-state index in [1.165, 1.54) is 0 Å². The fourth-order valence-corrected chi connectivity index (χ4v) is 5.85. The predicted molar refractivity (Wildman–Crippen MR) is 165 cm³/mol. The summed E-state index contributed by atoms with van der Waals surface area (Å²) in [6, 6.07) is 8.34. The smallest absolute Gasteiger partial charge is 0.249 e. The highest BCUT2D eigenvalue weighted by atomic mass is 16.5. The van der Waals surface area contributed by atoms with Crippen molar-refractivity contribution in [3.63, 3.8) is 0 Å². The fourth-order valence-electron chi connectivity index (χ4n) is 5.85. The van der Waals surface area contributed by atoms with Gasteiger partial charge in [-0.15, -0.1) is 0 Å². The molecule has 1 aliphatic heterocycles. The van der Waals surface area contributed by atoms with Crippen molar-refractivity contribution in [2.24, 2.45) is 11.3 Å². The number of amides is 3. The predicted octanol–water partition coefficient (Wildman–Crippen LogP) is 4.15. The highest BCUT2D eigenvalue weighted by Gasteiger charge is 2.41. The normalized spacial score (nSPS) is 18.7. The van der Waals surface area contributed by atoms with Gasteiger partial charge in [-0.05, 0) is 43.7 Å². The van der Waals surface area contributed by atoms with Gasteiger partial charge in [0, 0.05) is 31.7 Å². The lowest BCUT2D eigenvalue weighted by atomic mass is 9.76. The van der Waals surface area contributed by atoms with Crippen LogP contribution in [0.1, 0.15) is 73.8 Å². The van der Waals surface area contributed by atoms with Gasteiger partial charge in [-0.3, -0.25) is 14.4 Å². The van der Waals surface area contributed by atoms with E-state index in [-0.39, 0.29) is 35.7 Å². The average molecular weight is 571 g/mol. The second-order valence-electron chi connectivity index (χ2n) is 13.4. The Morgan fingerprint density at radius 2 is 1.71 bits per heavy atom. The van der Waals surface area contributed by atoms with Gasteiger partial charge in [0.05, 0.1) is 24.7 Å². The Hall–Kier alpha value is -2.71. The van der Waals surface area contributed by atoms with Gasteiger partial charge in [0.25, 0.3) is 0 Å². The second-order valence-corrected chi connectivity index (χ2v) is 13.4. The highest BCUT2D eigenvalue weighted by Crippen LogP contribution is 2.29. The van der Waals surface area contributed by atoms with Crippen molar-refractivity contribution >= 4 is 17.7 Å². The van der Waals surface area contributed by atoms with E-state index in [4.69, 9.17) is 4.74 Å². The minimum absolute atomic E-state index is 0.0169. The molecular formula is C33H54N4O4. The Bertz CT molecular complexity index is 1060. The van der Waals surface area contributed by atoms with E-state index in [0.29, 0.717) is 18.7 Å². The van der Waals surface area contributed by atoms with E-state index in [0.717, 1.165) is 18.4 Å². The zero-order valence-corrected chi connectivity index (χ0v) is 27.2. The van der Waals surface area contributed by atoms with Gasteiger partial charge in [0.2, 0.25) is 17.7 Å². The number of rotatable bonds is 12. The first-order valence-electron chi connectivity index (χ1n) is 14.9. The molecule has 0 aliphatic carbocycles. The number of nitrogens with one attached hydrogen (secondary N) is 2. The first-order valence-corrected chi connectivity index (χ1v) is 14.9. The van der Waals surface area contributed by atoms with Crippen molar-refractivity contribution < 1.29 is 19.1 Å². The molecule has 0 saturated carbocycles. The Labute approximate surface area is 248 Å². The summed E-state index contributed by atoms with van der Waals surface area (Å²) < 4.78 is 5.33. The maximum Gasteiger partial charge on any atom is 0.249 e. The number of methoxy groups -OCH3 is 1. The summed E-state index contributed by atoms with van der Waals surface area (Å²) in [5.41, 5.74) is 0.576. The van der Waals surface area contributed by atoms with Gasteiger partial charge < -0.3 is 25.2 Å². The molecule has 8 nitrogen and oxygen atoms in total. The number of ether oxygens (including phenoxy) is 1. The average Bonchev–Trinajstić information content (AvgIpc) is 3.37. The molecule has 41 heavy (non-hydrogen) atoms. The molecule has 0 unspecified atom stereocenters. The van der Waals surface area contributed by atoms with E-state index >= 15 is 0 Å². The van der Waals surface area contributed by atoms with Crippen molar-refractivity contribution in [2.75, 3.05) is 34.4 Å². The summed E-state index contributed by atoms with van der Waals surface area (Å²) in [6.45, 7) is 17.1. The summed E-state index contributed by atoms with van der Waals surface area (Å²) in [7, 11) is 5.19. The zero-order valence-electron chi connectivity index (χ0n) is 27.2. The maximum atomic E-state index is 14.1. The van der Waals surface area contributed by atoms with Crippen molar-refractivity contribution in [3.8, 4) is 0 Å². The summed E-state index contributed by atoms with van der Waals surface area (Å²) in [5.74, 6) is -0.383. The molecule has 0 bridgehead atoms. The Balaban J connectivity index is 2.32. The van der Waals surface area contributed by atoms with Gasteiger partial charge in [-0.25, -0.2) is 0 Å². The van der Waals surface area contributed by atoms with Crippen LogP contribution in [-0.4, -0.2) is 86.0 Å². The van der Waals surface area contributed by atoms with Crippen LogP contribution in [0, 0.1) is 11.3 Å². The van der Waals surface area contributed by atoms with Crippen LogP contribution in [0.4, 0.5) is 0 Å². The number of likely N-dealkylation sites (tertiary alicyclic amines) is 1. The molecule has 3 amide bonds. The van der Waals surface area contributed by atoms with Gasteiger partial charge in [0.1, 0.15) is 6.04 Å². The highest BCUT2D eigenvalue weighted by molar-refractivity contribution is 5.94. The van der Waals surface area contributed by atoms with E-state index in [2.05, 4.69) is 10.6 Å². The molecule has 1 aliphatic rings. The Morgan fingerprint density at radius 1 is 1.10 bits per heavy atom. The second kappa shape index (κ2) is 14.5. The molecule has 230 valence electrons. The molecule has 8 heteroatoms. The monoisotopic (exact) mass is 570 g/mol. The van der Waals surface area contributed by atoms with Crippen molar-refractivity contribution in [2.45, 2.75) is 97.8 Å². The molecule has 2 N–H and O–H groups in total. The van der Waals surface area contributed by atoms with Crippen LogP contribution in [0.2, 0.25) is 0 Å². The third-order valence-corrected chi connectivity index (χ3v) is 8.42. The number of hydrogen-bond donors (Lipinski definition) is 2. The number of likely N-dealkylation sites (N-methyl/N-ethyl adjacent to an activating group) is 2. The summed E-state index contributed by atoms with van der Waals surface area (Å²) in [6.07, 6.45) is 3.80. The van der Waals surface area contributed by atoms with Crippen LogP contribution in [-0.2, 0) is 24.5 Å². The number of nitrogens with zero attached hydrogens (tertiary/aromatic N) is 2. The zero-order chi connectivity index (χ0) is 31.1. The topological polar surface area (TPSA) is 91.0 Å². The lowest BCUT2D eigenvalue weighted by Crippen LogP contribution is -2.61. The number of carbonyl (C=O) groups is 3. The largest absolute Gasteiger partial charge is 0.383 e. The summed E-state index contributed by atoms with van der Waals surface area (Å²) in [5, 5.41) is 6.28.